The molecule has 1 aliphatic carbocycles. The first-order valence-electron chi connectivity index (χ1n) is 6.65. The number of carbonyl (C=O) groups is 1. The van der Waals surface area contributed by atoms with Crippen molar-refractivity contribution in [2.45, 2.75) is 32.6 Å². The van der Waals surface area contributed by atoms with Crippen LogP contribution >= 0.6 is 0 Å². The van der Waals surface area contributed by atoms with Crippen LogP contribution in [0.2, 0.25) is 0 Å². The summed E-state index contributed by atoms with van der Waals surface area (Å²) in [7, 11) is 1.64. The van der Waals surface area contributed by atoms with Crippen molar-refractivity contribution in [2.24, 2.45) is 11.8 Å². The van der Waals surface area contributed by atoms with Crippen LogP contribution < -0.4 is 10.1 Å². The smallest absolute Gasteiger partial charge is 0.227 e. The molecule has 2 rings (SSSR count). The summed E-state index contributed by atoms with van der Waals surface area (Å²) in [4.78, 5) is 12.2. The molecule has 0 aliphatic heterocycles. The van der Waals surface area contributed by atoms with E-state index in [-0.39, 0.29) is 11.8 Å². The average molecular weight is 247 g/mol. The number of anilines is 1. The third kappa shape index (κ3) is 3.03. The first kappa shape index (κ1) is 12.9. The van der Waals surface area contributed by atoms with Gasteiger partial charge in [-0.15, -0.1) is 0 Å². The highest BCUT2D eigenvalue weighted by Gasteiger charge is 2.27. The number of amides is 1. The molecule has 1 amide bonds. The minimum Gasteiger partial charge on any atom is -0.497 e. The van der Waals surface area contributed by atoms with E-state index in [4.69, 9.17) is 4.74 Å². The Labute approximate surface area is 109 Å². The number of benzene rings is 1. The van der Waals surface area contributed by atoms with Crippen molar-refractivity contribution >= 4 is 11.6 Å². The molecule has 1 aliphatic rings. The maximum Gasteiger partial charge on any atom is 0.227 e. The fourth-order valence-electron chi connectivity index (χ4n) is 2.62. The molecule has 3 heteroatoms. The molecule has 0 radical (unpaired) electrons. The van der Waals surface area contributed by atoms with Crippen molar-refractivity contribution in [1.82, 2.24) is 0 Å². The van der Waals surface area contributed by atoms with Crippen LogP contribution in [-0.4, -0.2) is 13.0 Å². The Kier molecular flexibility index (Phi) is 4.24. The van der Waals surface area contributed by atoms with Crippen LogP contribution in [0.4, 0.5) is 5.69 Å². The molecule has 1 aromatic carbocycles. The molecule has 0 spiro atoms. The highest BCUT2D eigenvalue weighted by atomic mass is 16.5. The maximum absolute atomic E-state index is 12.2. The Morgan fingerprint density at radius 3 is 2.50 bits per heavy atom. The van der Waals surface area contributed by atoms with E-state index in [1.807, 2.05) is 24.3 Å². The van der Waals surface area contributed by atoms with Gasteiger partial charge < -0.3 is 10.1 Å². The van der Waals surface area contributed by atoms with E-state index in [1.54, 1.807) is 7.11 Å². The van der Waals surface area contributed by atoms with E-state index in [9.17, 15) is 4.79 Å². The lowest BCUT2D eigenvalue weighted by atomic mass is 9.80. The lowest BCUT2D eigenvalue weighted by molar-refractivity contribution is -0.122. The average Bonchev–Trinajstić information content (AvgIpc) is 2.40. The molecule has 98 valence electrons. The Bertz CT molecular complexity index is 399. The third-order valence-corrected chi connectivity index (χ3v) is 3.81. The molecule has 3 nitrogen and oxygen atoms in total. The number of hydrogen-bond donors (Lipinski definition) is 1. The lowest BCUT2D eigenvalue weighted by Gasteiger charge is -2.27. The standard InChI is InChI=1S/C15H21NO2/c1-11-5-3-4-6-14(11)15(17)16-12-7-9-13(18-2)10-8-12/h7-11,14H,3-6H2,1-2H3,(H,16,17)/t11-,14+/m1/s1. The second-order valence-corrected chi connectivity index (χ2v) is 5.09. The summed E-state index contributed by atoms with van der Waals surface area (Å²) in [6, 6.07) is 7.48. The van der Waals surface area contributed by atoms with Gasteiger partial charge in [-0.3, -0.25) is 4.79 Å². The molecule has 0 aromatic heterocycles. The van der Waals surface area contributed by atoms with Crippen LogP contribution in [0.5, 0.6) is 5.75 Å². The third-order valence-electron chi connectivity index (χ3n) is 3.81. The largest absolute Gasteiger partial charge is 0.497 e. The monoisotopic (exact) mass is 247 g/mol. The van der Waals surface area contributed by atoms with Crippen LogP contribution in [-0.2, 0) is 4.79 Å². The molecular formula is C15H21NO2. The van der Waals surface area contributed by atoms with Crippen LogP contribution in [0.25, 0.3) is 0 Å². The van der Waals surface area contributed by atoms with E-state index in [2.05, 4.69) is 12.2 Å². The summed E-state index contributed by atoms with van der Waals surface area (Å²) in [5.74, 6) is 1.63. The number of rotatable bonds is 3. The predicted octanol–water partition coefficient (Wildman–Crippen LogP) is 3.46. The summed E-state index contributed by atoms with van der Waals surface area (Å²) >= 11 is 0. The molecule has 1 aromatic rings. The minimum atomic E-state index is 0.160. The van der Waals surface area contributed by atoms with Crippen LogP contribution in [0.3, 0.4) is 0 Å². The first-order chi connectivity index (χ1) is 8.70. The van der Waals surface area contributed by atoms with Crippen molar-refractivity contribution in [3.63, 3.8) is 0 Å². The summed E-state index contributed by atoms with van der Waals surface area (Å²) < 4.78 is 5.09. The molecule has 1 N–H and O–H groups in total. The predicted molar refractivity (Wildman–Crippen MR) is 72.7 cm³/mol. The van der Waals surface area contributed by atoms with E-state index >= 15 is 0 Å². The molecule has 18 heavy (non-hydrogen) atoms. The van der Waals surface area contributed by atoms with E-state index < -0.39 is 0 Å². The molecule has 0 saturated heterocycles. The quantitative estimate of drug-likeness (QED) is 0.888. The lowest BCUT2D eigenvalue weighted by Crippen LogP contribution is -2.30. The van der Waals surface area contributed by atoms with Gasteiger partial charge in [0.15, 0.2) is 0 Å². The van der Waals surface area contributed by atoms with Gasteiger partial charge in [-0.2, -0.15) is 0 Å². The summed E-state index contributed by atoms with van der Waals surface area (Å²) in [6.45, 7) is 2.18. The second-order valence-electron chi connectivity index (χ2n) is 5.09. The molecule has 0 unspecified atom stereocenters. The van der Waals surface area contributed by atoms with Crippen molar-refractivity contribution in [1.29, 1.82) is 0 Å². The van der Waals surface area contributed by atoms with Gasteiger partial charge >= 0.3 is 0 Å². The van der Waals surface area contributed by atoms with Gasteiger partial charge in [0.05, 0.1) is 7.11 Å². The molecule has 0 bridgehead atoms. The number of nitrogens with one attached hydrogen (secondary N) is 1. The van der Waals surface area contributed by atoms with Crippen molar-refractivity contribution < 1.29 is 9.53 Å². The topological polar surface area (TPSA) is 38.3 Å². The van der Waals surface area contributed by atoms with E-state index in [1.165, 1.54) is 19.3 Å². The Morgan fingerprint density at radius 2 is 1.89 bits per heavy atom. The van der Waals surface area contributed by atoms with Crippen molar-refractivity contribution in [3.8, 4) is 5.75 Å². The Balaban J connectivity index is 1.97. The van der Waals surface area contributed by atoms with Gasteiger partial charge in [0.25, 0.3) is 0 Å². The molecule has 2 atom stereocenters. The van der Waals surface area contributed by atoms with Crippen LogP contribution in [0, 0.1) is 11.8 Å². The molecule has 1 fully saturated rings. The number of ether oxygens (including phenoxy) is 1. The number of methoxy groups -OCH3 is 1. The van der Waals surface area contributed by atoms with E-state index in [0.717, 1.165) is 17.9 Å². The second kappa shape index (κ2) is 5.89. The zero-order valence-corrected chi connectivity index (χ0v) is 11.1. The summed E-state index contributed by atoms with van der Waals surface area (Å²) in [5.41, 5.74) is 0.846. The van der Waals surface area contributed by atoms with Gasteiger partial charge in [-0.25, -0.2) is 0 Å². The first-order valence-corrected chi connectivity index (χ1v) is 6.65. The van der Waals surface area contributed by atoms with Crippen molar-refractivity contribution in [2.75, 3.05) is 12.4 Å². The van der Waals surface area contributed by atoms with Crippen LogP contribution in [0.1, 0.15) is 32.6 Å². The fraction of sp³-hybridized carbons (Fsp3) is 0.533. The molecular weight excluding hydrogens is 226 g/mol. The number of hydrogen-bond acceptors (Lipinski definition) is 2. The number of carbonyl (C=O) groups excluding carboxylic acids is 1. The fourth-order valence-corrected chi connectivity index (χ4v) is 2.62. The van der Waals surface area contributed by atoms with Gasteiger partial charge in [0.2, 0.25) is 5.91 Å². The highest BCUT2D eigenvalue weighted by molar-refractivity contribution is 5.92. The summed E-state index contributed by atoms with van der Waals surface area (Å²) in [6.07, 6.45) is 4.61. The minimum absolute atomic E-state index is 0.160. The van der Waals surface area contributed by atoms with Gasteiger partial charge in [0, 0.05) is 11.6 Å². The Morgan fingerprint density at radius 1 is 1.22 bits per heavy atom. The SMILES string of the molecule is COc1ccc(NC(=O)[C@H]2CCCC[C@H]2C)cc1. The van der Waals surface area contributed by atoms with E-state index in [0.29, 0.717) is 5.92 Å². The maximum atomic E-state index is 12.2. The molecule has 0 heterocycles. The van der Waals surface area contributed by atoms with Crippen molar-refractivity contribution in [3.05, 3.63) is 24.3 Å². The summed E-state index contributed by atoms with van der Waals surface area (Å²) in [5, 5.41) is 3.00. The van der Waals surface area contributed by atoms with Gasteiger partial charge in [0.1, 0.15) is 5.75 Å². The normalized spacial score (nSPS) is 23.4. The Hall–Kier alpha value is -1.51. The highest BCUT2D eigenvalue weighted by Crippen LogP contribution is 2.30. The molecule has 1 saturated carbocycles. The van der Waals surface area contributed by atoms with Crippen LogP contribution in [0.15, 0.2) is 24.3 Å². The zero-order valence-electron chi connectivity index (χ0n) is 11.1. The van der Waals surface area contributed by atoms with Gasteiger partial charge in [-0.1, -0.05) is 19.8 Å². The zero-order chi connectivity index (χ0) is 13.0. The van der Waals surface area contributed by atoms with Gasteiger partial charge in [-0.05, 0) is 43.0 Å².